The number of amides is 3. The highest BCUT2D eigenvalue weighted by Crippen LogP contribution is 2.22. The number of piperidine rings is 1. The maximum Gasteiger partial charge on any atom is 0.409 e. The molecule has 0 spiro atoms. The van der Waals surface area contributed by atoms with E-state index in [-0.39, 0.29) is 18.2 Å². The quantitative estimate of drug-likeness (QED) is 0.864. The first-order valence-electron chi connectivity index (χ1n) is 9.30. The normalized spacial score (nSPS) is 14.7. The lowest BCUT2D eigenvalue weighted by Gasteiger charge is -2.31. The average molecular weight is 370 g/mol. The van der Waals surface area contributed by atoms with Crippen LogP contribution in [0.15, 0.2) is 42.7 Å². The molecule has 0 radical (unpaired) electrons. The first-order valence-corrected chi connectivity index (χ1v) is 9.30. The van der Waals surface area contributed by atoms with E-state index in [1.807, 2.05) is 54.2 Å². The number of benzene rings is 1. The summed E-state index contributed by atoms with van der Waals surface area (Å²) in [7, 11) is 0. The number of hydrogen-bond acceptors (Lipinski definition) is 3. The highest BCUT2D eigenvalue weighted by atomic mass is 16.6. The summed E-state index contributed by atoms with van der Waals surface area (Å²) in [5.74, 6) is 0. The molecule has 3 rings (SSSR count). The molecular formula is C20H26N4O3. The van der Waals surface area contributed by atoms with Gasteiger partial charge in [0.25, 0.3) is 0 Å². The van der Waals surface area contributed by atoms with Gasteiger partial charge in [-0.2, -0.15) is 0 Å². The Morgan fingerprint density at radius 2 is 1.85 bits per heavy atom. The number of aromatic nitrogens is 1. The molecule has 0 atom stereocenters. The summed E-state index contributed by atoms with van der Waals surface area (Å²) in [5, 5.41) is 5.95. The van der Waals surface area contributed by atoms with Crippen LogP contribution in [0.2, 0.25) is 0 Å². The second kappa shape index (κ2) is 8.62. The molecule has 0 unspecified atom stereocenters. The van der Waals surface area contributed by atoms with Crippen molar-refractivity contribution in [2.75, 3.05) is 25.0 Å². The van der Waals surface area contributed by atoms with Crippen molar-refractivity contribution in [2.45, 2.75) is 32.7 Å². The van der Waals surface area contributed by atoms with E-state index in [2.05, 4.69) is 10.6 Å². The van der Waals surface area contributed by atoms with Gasteiger partial charge in [0.05, 0.1) is 6.61 Å². The average Bonchev–Trinajstić information content (AvgIpc) is 3.19. The van der Waals surface area contributed by atoms with Crippen molar-refractivity contribution in [2.24, 2.45) is 0 Å². The van der Waals surface area contributed by atoms with E-state index in [1.165, 1.54) is 0 Å². The number of nitrogens with one attached hydrogen (secondary N) is 2. The van der Waals surface area contributed by atoms with Crippen molar-refractivity contribution in [1.82, 2.24) is 14.8 Å². The molecule has 1 fully saturated rings. The van der Waals surface area contributed by atoms with Gasteiger partial charge in [-0.15, -0.1) is 0 Å². The fourth-order valence-corrected chi connectivity index (χ4v) is 3.30. The molecule has 27 heavy (non-hydrogen) atoms. The summed E-state index contributed by atoms with van der Waals surface area (Å²) >= 11 is 0. The smallest absolute Gasteiger partial charge is 0.409 e. The van der Waals surface area contributed by atoms with E-state index in [0.29, 0.717) is 32.5 Å². The zero-order valence-electron chi connectivity index (χ0n) is 15.8. The van der Waals surface area contributed by atoms with Crippen LogP contribution in [0.25, 0.3) is 5.69 Å². The van der Waals surface area contributed by atoms with Crippen LogP contribution in [0.3, 0.4) is 0 Å². The highest BCUT2D eigenvalue weighted by Gasteiger charge is 2.24. The van der Waals surface area contributed by atoms with Crippen LogP contribution in [0.1, 0.15) is 25.3 Å². The summed E-state index contributed by atoms with van der Waals surface area (Å²) in [6.07, 6.45) is 5.11. The Morgan fingerprint density at radius 1 is 1.15 bits per heavy atom. The van der Waals surface area contributed by atoms with Crippen molar-refractivity contribution >= 4 is 17.8 Å². The van der Waals surface area contributed by atoms with Crippen molar-refractivity contribution in [3.8, 4) is 5.69 Å². The van der Waals surface area contributed by atoms with Crippen LogP contribution < -0.4 is 10.6 Å². The number of nitrogens with zero attached hydrogens (tertiary/aromatic N) is 2. The molecule has 0 aliphatic carbocycles. The molecule has 2 N–H and O–H groups in total. The summed E-state index contributed by atoms with van der Waals surface area (Å²) in [6, 6.07) is 9.59. The molecule has 1 aliphatic heterocycles. The predicted octanol–water partition coefficient (Wildman–Crippen LogP) is 3.53. The molecule has 0 bridgehead atoms. The third kappa shape index (κ3) is 4.61. The molecule has 1 saturated heterocycles. The second-order valence-corrected chi connectivity index (χ2v) is 6.60. The lowest BCUT2D eigenvalue weighted by Crippen LogP contribution is -2.47. The fourth-order valence-electron chi connectivity index (χ4n) is 3.30. The third-order valence-electron chi connectivity index (χ3n) is 4.79. The zero-order chi connectivity index (χ0) is 19.2. The van der Waals surface area contributed by atoms with Gasteiger partial charge in [0, 0.05) is 42.9 Å². The van der Waals surface area contributed by atoms with Crippen molar-refractivity contribution in [3.05, 3.63) is 48.3 Å². The summed E-state index contributed by atoms with van der Waals surface area (Å²) in [4.78, 5) is 25.8. The topological polar surface area (TPSA) is 75.6 Å². The Kier molecular flexibility index (Phi) is 6.01. The lowest BCUT2D eigenvalue weighted by molar-refractivity contribution is 0.0959. The van der Waals surface area contributed by atoms with E-state index in [1.54, 1.807) is 11.8 Å². The van der Waals surface area contributed by atoms with E-state index in [4.69, 9.17) is 4.74 Å². The van der Waals surface area contributed by atoms with Crippen LogP contribution in [0, 0.1) is 6.92 Å². The lowest BCUT2D eigenvalue weighted by atomic mass is 10.1. The number of anilines is 1. The summed E-state index contributed by atoms with van der Waals surface area (Å²) < 4.78 is 7.03. The number of likely N-dealkylation sites (tertiary alicyclic amines) is 1. The van der Waals surface area contributed by atoms with Crippen LogP contribution in [-0.2, 0) is 4.74 Å². The van der Waals surface area contributed by atoms with Gasteiger partial charge in [0.1, 0.15) is 0 Å². The van der Waals surface area contributed by atoms with Gasteiger partial charge in [0.2, 0.25) is 0 Å². The van der Waals surface area contributed by atoms with E-state index in [9.17, 15) is 9.59 Å². The van der Waals surface area contributed by atoms with E-state index < -0.39 is 0 Å². The van der Waals surface area contributed by atoms with Crippen LogP contribution in [-0.4, -0.2) is 47.3 Å². The first kappa shape index (κ1) is 18.8. The van der Waals surface area contributed by atoms with Gasteiger partial charge in [-0.1, -0.05) is 6.07 Å². The molecular weight excluding hydrogens is 344 g/mol. The Balaban J connectivity index is 1.55. The molecule has 1 aromatic heterocycles. The van der Waals surface area contributed by atoms with E-state index in [0.717, 1.165) is 16.9 Å². The molecule has 1 aliphatic rings. The third-order valence-corrected chi connectivity index (χ3v) is 4.79. The predicted molar refractivity (Wildman–Crippen MR) is 104 cm³/mol. The standard InChI is InChI=1S/C20H26N4O3/c1-3-27-20(26)24-13-9-16(10-14-24)21-19(25)22-17-7-6-8-18(15(17)2)23-11-4-5-12-23/h4-8,11-12,16H,3,9-10,13-14H2,1-2H3,(H2,21,22,25). The van der Waals surface area contributed by atoms with Gasteiger partial charge in [-0.25, -0.2) is 9.59 Å². The monoisotopic (exact) mass is 370 g/mol. The largest absolute Gasteiger partial charge is 0.450 e. The minimum absolute atomic E-state index is 0.0450. The van der Waals surface area contributed by atoms with Gasteiger partial charge in [0.15, 0.2) is 0 Å². The number of urea groups is 1. The minimum Gasteiger partial charge on any atom is -0.450 e. The SMILES string of the molecule is CCOC(=O)N1CCC(NC(=O)Nc2cccc(-n3cccc3)c2C)CC1. The Labute approximate surface area is 159 Å². The van der Waals surface area contributed by atoms with Gasteiger partial charge < -0.3 is 24.8 Å². The van der Waals surface area contributed by atoms with Crippen LogP contribution in [0.4, 0.5) is 15.3 Å². The van der Waals surface area contributed by atoms with Crippen LogP contribution in [0.5, 0.6) is 0 Å². The highest BCUT2D eigenvalue weighted by molar-refractivity contribution is 5.90. The number of hydrogen-bond donors (Lipinski definition) is 2. The minimum atomic E-state index is -0.280. The fraction of sp³-hybridized carbons (Fsp3) is 0.400. The Morgan fingerprint density at radius 3 is 2.52 bits per heavy atom. The number of carbonyl (C=O) groups is 2. The molecule has 2 aromatic rings. The number of rotatable bonds is 4. The van der Waals surface area contributed by atoms with Gasteiger partial charge >= 0.3 is 12.1 Å². The summed E-state index contributed by atoms with van der Waals surface area (Å²) in [5.41, 5.74) is 2.81. The number of ether oxygens (including phenoxy) is 1. The van der Waals surface area contributed by atoms with Crippen molar-refractivity contribution < 1.29 is 14.3 Å². The molecule has 2 heterocycles. The maximum absolute atomic E-state index is 12.4. The van der Waals surface area contributed by atoms with Gasteiger partial charge in [-0.3, -0.25) is 0 Å². The van der Waals surface area contributed by atoms with E-state index >= 15 is 0 Å². The molecule has 144 valence electrons. The summed E-state index contributed by atoms with van der Waals surface area (Å²) in [6.45, 7) is 5.34. The van der Waals surface area contributed by atoms with Gasteiger partial charge in [-0.05, 0) is 56.5 Å². The molecule has 1 aromatic carbocycles. The van der Waals surface area contributed by atoms with Crippen molar-refractivity contribution in [3.63, 3.8) is 0 Å². The Hall–Kier alpha value is -2.96. The molecule has 7 heteroatoms. The molecule has 0 saturated carbocycles. The molecule has 3 amide bonds. The van der Waals surface area contributed by atoms with Crippen LogP contribution >= 0.6 is 0 Å². The maximum atomic E-state index is 12.4. The zero-order valence-corrected chi connectivity index (χ0v) is 15.8. The Bertz CT molecular complexity index is 781. The number of carbonyl (C=O) groups excluding carboxylic acids is 2. The first-order chi connectivity index (χ1) is 13.1. The molecule has 7 nitrogen and oxygen atoms in total. The van der Waals surface area contributed by atoms with Crippen molar-refractivity contribution in [1.29, 1.82) is 0 Å². The second-order valence-electron chi connectivity index (χ2n) is 6.60.